The molecule has 0 atom stereocenters. The van der Waals surface area contributed by atoms with Crippen LogP contribution in [0.15, 0.2) is 70.2 Å². The Balaban J connectivity index is 1.80. The third-order valence-electron chi connectivity index (χ3n) is 3.94. The van der Waals surface area contributed by atoms with Crippen LogP contribution in [0, 0.1) is 5.82 Å². The molecular weight excluding hydrogens is 331 g/mol. The number of imidazole rings is 1. The van der Waals surface area contributed by atoms with Crippen LogP contribution in [-0.4, -0.2) is 16.7 Å². The lowest BCUT2D eigenvalue weighted by Crippen LogP contribution is -2.10. The first kappa shape index (κ1) is 17.4. The van der Waals surface area contributed by atoms with Crippen molar-refractivity contribution in [2.45, 2.75) is 13.5 Å². The summed E-state index contributed by atoms with van der Waals surface area (Å²) in [6, 6.07) is 12.0. The van der Waals surface area contributed by atoms with Gasteiger partial charge >= 0.3 is 5.69 Å². The fraction of sp³-hybridized carbons (Fsp3) is 0.100. The van der Waals surface area contributed by atoms with Crippen LogP contribution in [0.5, 0.6) is 0 Å². The van der Waals surface area contributed by atoms with Crippen LogP contribution in [-0.2, 0) is 6.54 Å². The molecule has 3 N–H and O–H groups in total. The van der Waals surface area contributed by atoms with Crippen LogP contribution in [0.2, 0.25) is 0 Å². The van der Waals surface area contributed by atoms with Crippen LogP contribution in [0.25, 0.3) is 16.6 Å². The Morgan fingerprint density at radius 2 is 1.92 bits per heavy atom. The zero-order valence-corrected chi connectivity index (χ0v) is 14.3. The molecule has 2 aromatic carbocycles. The van der Waals surface area contributed by atoms with E-state index in [4.69, 9.17) is 0 Å². The summed E-state index contributed by atoms with van der Waals surface area (Å²) in [6.07, 6.45) is 3.61. The van der Waals surface area contributed by atoms with Crippen molar-refractivity contribution in [1.82, 2.24) is 15.3 Å². The average molecular weight is 350 g/mol. The maximum atomic E-state index is 13.0. The molecule has 26 heavy (non-hydrogen) atoms. The van der Waals surface area contributed by atoms with E-state index in [1.54, 1.807) is 18.3 Å². The van der Waals surface area contributed by atoms with Gasteiger partial charge in [0.15, 0.2) is 0 Å². The number of hydrogen-bond acceptors (Lipinski definition) is 3. The van der Waals surface area contributed by atoms with Crippen LogP contribution >= 0.6 is 0 Å². The summed E-state index contributed by atoms with van der Waals surface area (Å²) >= 11 is 0. The Labute approximate surface area is 150 Å². The first-order chi connectivity index (χ1) is 12.5. The third kappa shape index (κ3) is 4.16. The third-order valence-corrected chi connectivity index (χ3v) is 3.94. The Morgan fingerprint density at radius 1 is 1.19 bits per heavy atom. The number of benzene rings is 2. The van der Waals surface area contributed by atoms with Gasteiger partial charge in [-0.05, 0) is 55.1 Å². The highest BCUT2D eigenvalue weighted by Gasteiger charge is 2.04. The standard InChI is InChI=1S/C20H19FN4O/c1-13(23-11-14-3-6-17(21)7-4-14)9-16(12-22-2)15-5-8-18-19(10-15)25-20(26)24-18/h3-10,12,23H,2,11H2,1H3,(H2,24,25,26)/b13-9+,16-12+. The van der Waals surface area contributed by atoms with E-state index in [9.17, 15) is 9.18 Å². The maximum Gasteiger partial charge on any atom is 0.323 e. The highest BCUT2D eigenvalue weighted by molar-refractivity contribution is 5.83. The predicted molar refractivity (Wildman–Crippen MR) is 103 cm³/mol. The van der Waals surface area contributed by atoms with Gasteiger partial charge in [-0.2, -0.15) is 0 Å². The summed E-state index contributed by atoms with van der Waals surface area (Å²) in [6.45, 7) is 6.05. The maximum absolute atomic E-state index is 13.0. The molecule has 132 valence electrons. The van der Waals surface area contributed by atoms with E-state index in [1.165, 1.54) is 12.1 Å². The van der Waals surface area contributed by atoms with E-state index < -0.39 is 0 Å². The fourth-order valence-electron chi connectivity index (χ4n) is 2.63. The van der Waals surface area contributed by atoms with Gasteiger partial charge in [0.25, 0.3) is 0 Å². The Morgan fingerprint density at radius 3 is 2.65 bits per heavy atom. The number of H-pyrrole nitrogens is 2. The van der Waals surface area contributed by atoms with Crippen molar-refractivity contribution < 1.29 is 4.39 Å². The van der Waals surface area contributed by atoms with E-state index in [2.05, 4.69) is 27.0 Å². The second-order valence-corrected chi connectivity index (χ2v) is 5.91. The second-order valence-electron chi connectivity index (χ2n) is 5.91. The molecule has 5 nitrogen and oxygen atoms in total. The fourth-order valence-corrected chi connectivity index (χ4v) is 2.63. The summed E-state index contributed by atoms with van der Waals surface area (Å²) < 4.78 is 13.0. The lowest BCUT2D eigenvalue weighted by Gasteiger charge is -2.09. The van der Waals surface area contributed by atoms with Gasteiger partial charge in [-0.1, -0.05) is 18.2 Å². The van der Waals surface area contributed by atoms with Crippen molar-refractivity contribution in [3.8, 4) is 0 Å². The van der Waals surface area contributed by atoms with Crippen molar-refractivity contribution in [3.05, 3.63) is 87.9 Å². The minimum Gasteiger partial charge on any atom is -0.384 e. The number of rotatable bonds is 6. The lowest BCUT2D eigenvalue weighted by atomic mass is 10.0. The number of aromatic amines is 2. The topological polar surface area (TPSA) is 73.0 Å². The molecule has 0 unspecified atom stereocenters. The number of aromatic nitrogens is 2. The number of aliphatic imine (C=N–C) groups is 1. The van der Waals surface area contributed by atoms with Crippen molar-refractivity contribution in [1.29, 1.82) is 0 Å². The second kappa shape index (κ2) is 7.65. The van der Waals surface area contributed by atoms with Gasteiger partial charge in [-0.3, -0.25) is 4.99 Å². The number of nitrogens with one attached hydrogen (secondary N) is 3. The highest BCUT2D eigenvalue weighted by atomic mass is 19.1. The van der Waals surface area contributed by atoms with E-state index in [0.717, 1.165) is 33.4 Å². The van der Waals surface area contributed by atoms with Gasteiger partial charge in [0.2, 0.25) is 0 Å². The van der Waals surface area contributed by atoms with E-state index >= 15 is 0 Å². The van der Waals surface area contributed by atoms with Crippen LogP contribution in [0.1, 0.15) is 18.1 Å². The summed E-state index contributed by atoms with van der Waals surface area (Å²) in [5, 5.41) is 3.29. The SMILES string of the molecule is C=N/C=C(\C=C(/C)NCc1ccc(F)cc1)c1ccc2[nH]c(=O)[nH]c2c1. The molecule has 0 aliphatic carbocycles. The molecule has 0 fully saturated rings. The molecular formula is C20H19FN4O. The van der Waals surface area contributed by atoms with Gasteiger partial charge in [-0.15, -0.1) is 0 Å². The molecule has 0 saturated heterocycles. The Hall–Kier alpha value is -3.41. The first-order valence-electron chi connectivity index (χ1n) is 8.10. The molecule has 1 heterocycles. The molecule has 3 rings (SSSR count). The van der Waals surface area contributed by atoms with Gasteiger partial charge in [0.1, 0.15) is 5.82 Å². The molecule has 3 aromatic rings. The minimum absolute atomic E-state index is 0.239. The summed E-state index contributed by atoms with van der Waals surface area (Å²) in [4.78, 5) is 20.8. The van der Waals surface area contributed by atoms with E-state index in [1.807, 2.05) is 31.2 Å². The predicted octanol–water partition coefficient (Wildman–Crippen LogP) is 3.73. The van der Waals surface area contributed by atoms with Gasteiger partial charge in [0, 0.05) is 24.0 Å². The zero-order valence-electron chi connectivity index (χ0n) is 14.3. The number of halogens is 1. The molecule has 0 saturated carbocycles. The molecule has 0 radical (unpaired) electrons. The highest BCUT2D eigenvalue weighted by Crippen LogP contribution is 2.21. The van der Waals surface area contributed by atoms with Crippen molar-refractivity contribution in [2.75, 3.05) is 0 Å². The van der Waals surface area contributed by atoms with Crippen molar-refractivity contribution in [3.63, 3.8) is 0 Å². The number of nitrogens with zero attached hydrogens (tertiary/aromatic N) is 1. The smallest absolute Gasteiger partial charge is 0.323 e. The first-order valence-corrected chi connectivity index (χ1v) is 8.10. The zero-order chi connectivity index (χ0) is 18.5. The van der Waals surface area contributed by atoms with Crippen LogP contribution in [0.4, 0.5) is 4.39 Å². The number of fused-ring (bicyclic) bond motifs is 1. The van der Waals surface area contributed by atoms with Gasteiger partial charge in [-0.25, -0.2) is 9.18 Å². The largest absolute Gasteiger partial charge is 0.384 e. The molecule has 0 aliphatic rings. The van der Waals surface area contributed by atoms with Gasteiger partial charge < -0.3 is 15.3 Å². The Bertz CT molecular complexity index is 1040. The van der Waals surface area contributed by atoms with E-state index in [-0.39, 0.29) is 11.5 Å². The average Bonchev–Trinajstić information content (AvgIpc) is 3.00. The number of hydrogen-bond donors (Lipinski definition) is 3. The Kier molecular flexibility index (Phi) is 5.12. The van der Waals surface area contributed by atoms with Crippen LogP contribution < -0.4 is 11.0 Å². The normalized spacial score (nSPS) is 12.4. The summed E-state index contributed by atoms with van der Waals surface area (Å²) in [5.74, 6) is -0.249. The monoisotopic (exact) mass is 350 g/mol. The van der Waals surface area contributed by atoms with Crippen LogP contribution in [0.3, 0.4) is 0 Å². The summed E-state index contributed by atoms with van der Waals surface area (Å²) in [7, 11) is 0. The molecule has 0 spiro atoms. The molecule has 0 aliphatic heterocycles. The molecule has 0 amide bonds. The van der Waals surface area contributed by atoms with Crippen molar-refractivity contribution >= 4 is 23.3 Å². The van der Waals surface area contributed by atoms with Gasteiger partial charge in [0.05, 0.1) is 11.0 Å². The minimum atomic E-state index is -0.249. The quantitative estimate of drug-likeness (QED) is 0.468. The molecule has 1 aromatic heterocycles. The van der Waals surface area contributed by atoms with E-state index in [0.29, 0.717) is 6.54 Å². The lowest BCUT2D eigenvalue weighted by molar-refractivity contribution is 0.626. The molecule has 0 bridgehead atoms. The summed E-state index contributed by atoms with van der Waals surface area (Å²) in [5.41, 5.74) is 4.91. The number of allylic oxidation sites excluding steroid dienone is 3. The van der Waals surface area contributed by atoms with Crippen molar-refractivity contribution in [2.24, 2.45) is 4.99 Å². The molecule has 6 heteroatoms.